The van der Waals surface area contributed by atoms with Crippen LogP contribution in [0.25, 0.3) is 0 Å². The van der Waals surface area contributed by atoms with Gasteiger partial charge >= 0.3 is 0 Å². The number of rotatable bonds is 5. The molecule has 1 N–H and O–H groups in total. The number of benzene rings is 1. The zero-order chi connectivity index (χ0) is 17.0. The third-order valence-electron chi connectivity index (χ3n) is 3.89. The Kier molecular flexibility index (Phi) is 4.74. The lowest BCUT2D eigenvalue weighted by molar-refractivity contribution is 0.477. The molecule has 0 radical (unpaired) electrons. The van der Waals surface area contributed by atoms with Gasteiger partial charge < -0.3 is 5.32 Å². The highest BCUT2D eigenvalue weighted by Gasteiger charge is 2.26. The summed E-state index contributed by atoms with van der Waals surface area (Å²) < 4.78 is 26.5. The van der Waals surface area contributed by atoms with E-state index < -0.39 is 10.0 Å². The lowest BCUT2D eigenvalue weighted by Crippen LogP contribution is -2.27. The lowest BCUT2D eigenvalue weighted by Gasteiger charge is -2.15. The highest BCUT2D eigenvalue weighted by molar-refractivity contribution is 7.89. The molecule has 1 aliphatic heterocycles. The van der Waals surface area contributed by atoms with Crippen molar-refractivity contribution in [1.82, 2.24) is 14.3 Å². The minimum absolute atomic E-state index is 0.228. The largest absolute Gasteiger partial charge is 0.364 e. The molecule has 8 heteroatoms. The van der Waals surface area contributed by atoms with Crippen LogP contribution in [-0.4, -0.2) is 35.8 Å². The first-order valence-electron chi connectivity index (χ1n) is 7.65. The van der Waals surface area contributed by atoms with Crippen molar-refractivity contribution < 1.29 is 8.42 Å². The fourth-order valence-corrected chi connectivity index (χ4v) is 4.11. The Labute approximate surface area is 141 Å². The van der Waals surface area contributed by atoms with Gasteiger partial charge in [-0.1, -0.05) is 12.1 Å². The Morgan fingerprint density at radius 3 is 2.46 bits per heavy atom. The van der Waals surface area contributed by atoms with Crippen molar-refractivity contribution in [3.63, 3.8) is 0 Å². The van der Waals surface area contributed by atoms with E-state index in [1.807, 2.05) is 6.07 Å². The van der Waals surface area contributed by atoms with Crippen molar-refractivity contribution in [2.75, 3.05) is 18.4 Å². The van der Waals surface area contributed by atoms with E-state index in [9.17, 15) is 8.42 Å². The van der Waals surface area contributed by atoms with Crippen molar-refractivity contribution in [1.29, 1.82) is 5.26 Å². The molecule has 124 valence electrons. The van der Waals surface area contributed by atoms with Crippen LogP contribution in [0.15, 0.2) is 41.6 Å². The Balaban J connectivity index is 1.70. The third kappa shape index (κ3) is 3.37. The van der Waals surface area contributed by atoms with Crippen molar-refractivity contribution in [3.05, 3.63) is 47.9 Å². The molecule has 0 spiro atoms. The van der Waals surface area contributed by atoms with E-state index >= 15 is 0 Å². The molecule has 1 saturated heterocycles. The van der Waals surface area contributed by atoms with Gasteiger partial charge in [-0.2, -0.15) is 9.57 Å². The van der Waals surface area contributed by atoms with Gasteiger partial charge in [0.2, 0.25) is 10.0 Å². The Hall–Kier alpha value is -2.50. The first-order valence-corrected chi connectivity index (χ1v) is 9.09. The predicted molar refractivity (Wildman–Crippen MR) is 88.5 cm³/mol. The number of nitriles is 1. The summed E-state index contributed by atoms with van der Waals surface area (Å²) in [5.41, 5.74) is 1.12. The molecule has 24 heavy (non-hydrogen) atoms. The van der Waals surface area contributed by atoms with Crippen molar-refractivity contribution in [2.45, 2.75) is 24.3 Å². The van der Waals surface area contributed by atoms with E-state index in [0.717, 1.165) is 18.4 Å². The minimum Gasteiger partial charge on any atom is -0.364 e. The van der Waals surface area contributed by atoms with Gasteiger partial charge in [0.25, 0.3) is 0 Å². The molecule has 3 rings (SSSR count). The zero-order valence-corrected chi connectivity index (χ0v) is 13.8. The monoisotopic (exact) mass is 343 g/mol. The van der Waals surface area contributed by atoms with Crippen molar-refractivity contribution >= 4 is 15.8 Å². The fourth-order valence-electron chi connectivity index (χ4n) is 2.59. The van der Waals surface area contributed by atoms with Crippen LogP contribution in [0.4, 0.5) is 5.82 Å². The molecule has 1 aromatic heterocycles. The van der Waals surface area contributed by atoms with Gasteiger partial charge in [0, 0.05) is 32.0 Å². The zero-order valence-electron chi connectivity index (χ0n) is 13.0. The Morgan fingerprint density at radius 2 is 1.79 bits per heavy atom. The van der Waals surface area contributed by atoms with Crippen LogP contribution in [-0.2, 0) is 16.6 Å². The van der Waals surface area contributed by atoms with E-state index in [4.69, 9.17) is 5.26 Å². The maximum absolute atomic E-state index is 12.5. The number of nitrogens with one attached hydrogen (secondary N) is 1. The quantitative estimate of drug-likeness (QED) is 0.888. The molecule has 0 amide bonds. The van der Waals surface area contributed by atoms with E-state index in [1.165, 1.54) is 16.7 Å². The fraction of sp³-hybridized carbons (Fsp3) is 0.312. The molecular weight excluding hydrogens is 326 g/mol. The molecule has 1 aliphatic rings. The minimum atomic E-state index is -3.39. The van der Waals surface area contributed by atoms with Gasteiger partial charge in [-0.25, -0.2) is 18.4 Å². The molecule has 0 aliphatic carbocycles. The van der Waals surface area contributed by atoms with Gasteiger partial charge in [-0.05, 0) is 30.5 Å². The SMILES string of the molecule is N#Cc1nccnc1NCc1ccc(S(=O)(=O)N2CCCC2)cc1. The van der Waals surface area contributed by atoms with Crippen LogP contribution in [0.3, 0.4) is 0 Å². The maximum atomic E-state index is 12.5. The molecule has 2 aromatic rings. The number of sulfonamides is 1. The average molecular weight is 343 g/mol. The van der Waals surface area contributed by atoms with Crippen LogP contribution in [0.5, 0.6) is 0 Å². The predicted octanol–water partition coefficient (Wildman–Crippen LogP) is 1.74. The first-order chi connectivity index (χ1) is 11.6. The molecule has 1 aromatic carbocycles. The Bertz CT molecular complexity index is 853. The number of hydrogen-bond acceptors (Lipinski definition) is 6. The molecule has 0 bridgehead atoms. The summed E-state index contributed by atoms with van der Waals surface area (Å²) in [4.78, 5) is 8.31. The summed E-state index contributed by atoms with van der Waals surface area (Å²) in [5.74, 6) is 0.411. The molecule has 7 nitrogen and oxygen atoms in total. The molecular formula is C16H17N5O2S. The molecule has 2 heterocycles. The van der Waals surface area contributed by atoms with Crippen molar-refractivity contribution in [3.8, 4) is 6.07 Å². The van der Waals surface area contributed by atoms with Crippen LogP contribution in [0.1, 0.15) is 24.1 Å². The van der Waals surface area contributed by atoms with Gasteiger partial charge in [-0.15, -0.1) is 0 Å². The van der Waals surface area contributed by atoms with Crippen LogP contribution in [0, 0.1) is 11.3 Å². The topological polar surface area (TPSA) is 99.0 Å². The van der Waals surface area contributed by atoms with Gasteiger partial charge in [0.05, 0.1) is 4.90 Å². The van der Waals surface area contributed by atoms with E-state index in [0.29, 0.717) is 30.3 Å². The number of aromatic nitrogens is 2. The third-order valence-corrected chi connectivity index (χ3v) is 5.80. The second kappa shape index (κ2) is 6.95. The number of hydrogen-bond donors (Lipinski definition) is 1. The summed E-state index contributed by atoms with van der Waals surface area (Å²) >= 11 is 0. The smallest absolute Gasteiger partial charge is 0.243 e. The highest BCUT2D eigenvalue weighted by Crippen LogP contribution is 2.21. The highest BCUT2D eigenvalue weighted by atomic mass is 32.2. The summed E-state index contributed by atoms with van der Waals surface area (Å²) in [6.45, 7) is 1.61. The van der Waals surface area contributed by atoms with Gasteiger partial charge in [0.1, 0.15) is 6.07 Å². The number of anilines is 1. The standard InChI is InChI=1S/C16H17N5O2S/c17-11-15-16(19-8-7-18-15)20-12-13-3-5-14(6-4-13)24(22,23)21-9-1-2-10-21/h3-8H,1-2,9-10,12H2,(H,19,20). The normalized spacial score (nSPS) is 15.1. The summed E-state index contributed by atoms with van der Waals surface area (Å²) in [7, 11) is -3.39. The molecule has 0 atom stereocenters. The van der Waals surface area contributed by atoms with Gasteiger partial charge in [0.15, 0.2) is 11.5 Å². The lowest BCUT2D eigenvalue weighted by atomic mass is 10.2. The van der Waals surface area contributed by atoms with E-state index in [2.05, 4.69) is 15.3 Å². The second-order valence-corrected chi connectivity index (χ2v) is 7.41. The van der Waals surface area contributed by atoms with Crippen LogP contribution in [0.2, 0.25) is 0 Å². The second-order valence-electron chi connectivity index (χ2n) is 5.47. The average Bonchev–Trinajstić information content (AvgIpc) is 3.16. The van der Waals surface area contributed by atoms with Crippen LogP contribution >= 0.6 is 0 Å². The Morgan fingerprint density at radius 1 is 1.12 bits per heavy atom. The molecule has 0 unspecified atom stereocenters. The first kappa shape index (κ1) is 16.4. The number of nitrogens with zero attached hydrogens (tertiary/aromatic N) is 4. The summed E-state index contributed by atoms with van der Waals surface area (Å²) in [6.07, 6.45) is 4.80. The molecule has 0 saturated carbocycles. The van der Waals surface area contributed by atoms with Gasteiger partial charge in [-0.3, -0.25) is 0 Å². The van der Waals surface area contributed by atoms with Crippen LogP contribution < -0.4 is 5.32 Å². The maximum Gasteiger partial charge on any atom is 0.243 e. The van der Waals surface area contributed by atoms with Crippen molar-refractivity contribution in [2.24, 2.45) is 0 Å². The summed E-state index contributed by atoms with van der Waals surface area (Å²) in [6, 6.07) is 8.73. The summed E-state index contributed by atoms with van der Waals surface area (Å²) in [5, 5.41) is 12.0. The van der Waals surface area contributed by atoms with E-state index in [1.54, 1.807) is 24.3 Å². The van der Waals surface area contributed by atoms with E-state index in [-0.39, 0.29) is 5.69 Å². The molecule has 1 fully saturated rings.